The fourth-order valence-electron chi connectivity index (χ4n) is 2.82. The van der Waals surface area contributed by atoms with Crippen LogP contribution in [0.4, 0.5) is 10.7 Å². The lowest BCUT2D eigenvalue weighted by Gasteiger charge is -2.08. The molecule has 0 aliphatic heterocycles. The first-order valence-corrected chi connectivity index (χ1v) is 9.77. The van der Waals surface area contributed by atoms with Gasteiger partial charge in [-0.2, -0.15) is 5.10 Å². The Morgan fingerprint density at radius 1 is 1.12 bits per heavy atom. The Morgan fingerprint density at radius 2 is 1.75 bits per heavy atom. The van der Waals surface area contributed by atoms with E-state index < -0.39 is 41.9 Å². The van der Waals surface area contributed by atoms with E-state index in [0.29, 0.717) is 0 Å². The number of hydrogen-bond acceptors (Lipinski definition) is 11. The molecule has 0 aromatic carbocycles. The third-order valence-electron chi connectivity index (χ3n) is 4.33. The number of nitro groups is 1. The predicted molar refractivity (Wildman–Crippen MR) is 110 cm³/mol. The van der Waals surface area contributed by atoms with Gasteiger partial charge in [-0.3, -0.25) is 24.4 Å². The van der Waals surface area contributed by atoms with Crippen molar-refractivity contribution in [2.24, 2.45) is 0 Å². The van der Waals surface area contributed by atoms with E-state index in [-0.39, 0.29) is 38.1 Å². The average molecular weight is 468 g/mol. The summed E-state index contributed by atoms with van der Waals surface area (Å²) < 4.78 is 15.3. The highest BCUT2D eigenvalue weighted by atomic mass is 32.1. The van der Waals surface area contributed by atoms with Gasteiger partial charge in [-0.05, 0) is 26.3 Å². The summed E-state index contributed by atoms with van der Waals surface area (Å²) in [7, 11) is 2.32. The van der Waals surface area contributed by atoms with Crippen molar-refractivity contribution in [2.75, 3.05) is 26.1 Å². The molecule has 1 amide bonds. The van der Waals surface area contributed by atoms with Gasteiger partial charge >= 0.3 is 23.6 Å². The number of aryl methyl sites for hydroxylation is 1. The number of nitrogens with zero attached hydrogens (tertiary/aromatic N) is 3. The van der Waals surface area contributed by atoms with Crippen molar-refractivity contribution < 1.29 is 38.3 Å². The quantitative estimate of drug-likeness (QED) is 0.259. The molecule has 2 aromatic heterocycles. The maximum Gasteiger partial charge on any atom is 0.348 e. The van der Waals surface area contributed by atoms with E-state index in [4.69, 9.17) is 9.47 Å². The maximum absolute atomic E-state index is 12.2. The molecule has 0 unspecified atom stereocenters. The third-order valence-corrected chi connectivity index (χ3v) is 5.52. The summed E-state index contributed by atoms with van der Waals surface area (Å²) in [5.74, 6) is -3.09. The summed E-state index contributed by atoms with van der Waals surface area (Å²) in [5, 5.41) is 17.4. The molecule has 0 aliphatic rings. The number of carbonyl (C=O) groups is 4. The zero-order valence-electron chi connectivity index (χ0n) is 17.8. The van der Waals surface area contributed by atoms with Gasteiger partial charge < -0.3 is 19.5 Å². The summed E-state index contributed by atoms with van der Waals surface area (Å²) in [6, 6.07) is 0. The summed E-state index contributed by atoms with van der Waals surface area (Å²) in [5.41, 5.74) is 0.351. The number of anilines is 1. The molecular weight excluding hydrogens is 448 g/mol. The van der Waals surface area contributed by atoms with Crippen LogP contribution >= 0.6 is 11.3 Å². The fraction of sp³-hybridized carbons (Fsp3) is 0.389. The summed E-state index contributed by atoms with van der Waals surface area (Å²) in [6.07, 6.45) is 0. The first-order chi connectivity index (χ1) is 15.0. The molecule has 0 fully saturated rings. The molecule has 0 saturated carbocycles. The summed E-state index contributed by atoms with van der Waals surface area (Å²) >= 11 is 0.811. The topological polar surface area (TPSA) is 169 Å². The largest absolute Gasteiger partial charge is 0.465 e. The van der Waals surface area contributed by atoms with Gasteiger partial charge in [0.25, 0.3) is 5.91 Å². The number of hydrogen-bond donors (Lipinski definition) is 1. The lowest BCUT2D eigenvalue weighted by molar-refractivity contribution is -0.386. The minimum absolute atomic E-state index is 0.0208. The van der Waals surface area contributed by atoms with Gasteiger partial charge in [0.05, 0.1) is 24.7 Å². The lowest BCUT2D eigenvalue weighted by Crippen LogP contribution is -2.24. The smallest absolute Gasteiger partial charge is 0.348 e. The number of ether oxygens (including phenoxy) is 3. The Hall–Kier alpha value is -3.81. The number of nitrogens with one attached hydrogen (secondary N) is 1. The molecule has 0 bridgehead atoms. The summed E-state index contributed by atoms with van der Waals surface area (Å²) in [6.45, 7) is 3.23. The van der Waals surface area contributed by atoms with Crippen LogP contribution < -0.4 is 5.32 Å². The van der Waals surface area contributed by atoms with Crippen LogP contribution in [0.5, 0.6) is 0 Å². The lowest BCUT2D eigenvalue weighted by atomic mass is 10.1. The molecule has 172 valence electrons. The van der Waals surface area contributed by atoms with E-state index >= 15 is 0 Å². The van der Waals surface area contributed by atoms with E-state index in [1.54, 1.807) is 0 Å². The molecular formula is C18H20N4O9S. The van der Waals surface area contributed by atoms with Crippen molar-refractivity contribution in [2.45, 2.75) is 27.3 Å². The normalized spacial score (nSPS) is 10.4. The first-order valence-electron chi connectivity index (χ1n) is 8.95. The zero-order valence-corrected chi connectivity index (χ0v) is 18.7. The van der Waals surface area contributed by atoms with Gasteiger partial charge in [-0.25, -0.2) is 9.59 Å². The molecule has 0 spiro atoms. The number of carbonyl (C=O) groups excluding carboxylic acids is 4. The van der Waals surface area contributed by atoms with Crippen LogP contribution in [0.25, 0.3) is 0 Å². The van der Waals surface area contributed by atoms with Crippen LogP contribution in [-0.2, 0) is 30.3 Å². The second kappa shape index (κ2) is 10.00. The number of esters is 3. The van der Waals surface area contributed by atoms with Crippen LogP contribution in [0.2, 0.25) is 0 Å². The molecule has 1 N–H and O–H groups in total. The third kappa shape index (κ3) is 5.08. The van der Waals surface area contributed by atoms with Crippen molar-refractivity contribution >= 4 is 45.8 Å². The Labute approximate surface area is 185 Å². The van der Waals surface area contributed by atoms with E-state index in [0.717, 1.165) is 23.1 Å². The number of rotatable bonds is 8. The van der Waals surface area contributed by atoms with Crippen molar-refractivity contribution in [3.63, 3.8) is 0 Å². The van der Waals surface area contributed by atoms with E-state index in [9.17, 15) is 29.3 Å². The molecule has 13 nitrogen and oxygen atoms in total. The Kier molecular flexibility index (Phi) is 7.64. The van der Waals surface area contributed by atoms with Crippen molar-refractivity contribution in [1.29, 1.82) is 0 Å². The molecule has 0 aliphatic carbocycles. The highest BCUT2D eigenvalue weighted by molar-refractivity contribution is 7.18. The minimum Gasteiger partial charge on any atom is -0.465 e. The molecule has 2 rings (SSSR count). The number of aromatic nitrogens is 2. The van der Waals surface area contributed by atoms with E-state index in [1.807, 2.05) is 0 Å². The Bertz CT molecular complexity index is 1100. The fourth-order valence-corrected chi connectivity index (χ4v) is 3.95. The van der Waals surface area contributed by atoms with Gasteiger partial charge in [0, 0.05) is 0 Å². The van der Waals surface area contributed by atoms with Crippen molar-refractivity contribution in [3.8, 4) is 0 Å². The van der Waals surface area contributed by atoms with Crippen LogP contribution in [0.15, 0.2) is 0 Å². The number of thiophene rings is 1. The zero-order chi connectivity index (χ0) is 24.2. The predicted octanol–water partition coefficient (Wildman–Crippen LogP) is 1.53. The van der Waals surface area contributed by atoms with Crippen LogP contribution in [0.3, 0.4) is 0 Å². The minimum atomic E-state index is -0.855. The van der Waals surface area contributed by atoms with E-state index in [2.05, 4.69) is 15.2 Å². The second-order valence-corrected chi connectivity index (χ2v) is 7.41. The maximum atomic E-state index is 12.2. The summed E-state index contributed by atoms with van der Waals surface area (Å²) in [4.78, 5) is 58.8. The molecule has 32 heavy (non-hydrogen) atoms. The number of amides is 1. The van der Waals surface area contributed by atoms with Gasteiger partial charge in [0.15, 0.2) is 6.61 Å². The molecule has 0 radical (unpaired) electrons. The molecule has 14 heteroatoms. The van der Waals surface area contributed by atoms with Gasteiger partial charge in [-0.15, -0.1) is 11.3 Å². The van der Waals surface area contributed by atoms with Gasteiger partial charge in [-0.1, -0.05) is 0 Å². The molecule has 0 atom stereocenters. The van der Waals surface area contributed by atoms with Crippen LogP contribution in [0.1, 0.15) is 37.0 Å². The Balaban J connectivity index is 2.08. The van der Waals surface area contributed by atoms with Crippen LogP contribution in [0, 0.1) is 30.9 Å². The average Bonchev–Trinajstić information content (AvgIpc) is 3.20. The van der Waals surface area contributed by atoms with E-state index in [1.165, 1.54) is 27.9 Å². The molecule has 2 heterocycles. The van der Waals surface area contributed by atoms with Crippen molar-refractivity contribution in [1.82, 2.24) is 9.78 Å². The van der Waals surface area contributed by atoms with Crippen molar-refractivity contribution in [3.05, 3.63) is 37.5 Å². The van der Waals surface area contributed by atoms with Gasteiger partial charge in [0.1, 0.15) is 27.8 Å². The molecule has 2 aromatic rings. The highest BCUT2D eigenvalue weighted by Gasteiger charge is 2.27. The molecule has 0 saturated heterocycles. The van der Waals surface area contributed by atoms with Gasteiger partial charge in [0.2, 0.25) is 0 Å². The number of methoxy groups -OCH3 is 2. The standard InChI is InChI=1S/C18H20N4O9S/c1-8-13(17(25)29-4)16(32-15(8)18(26)30-5)19-11(23)7-31-12(24)6-21-10(3)14(22(27)28)9(2)20-21/h6-7H2,1-5H3,(H,19,23). The highest BCUT2D eigenvalue weighted by Crippen LogP contribution is 2.34. The second-order valence-electron chi connectivity index (χ2n) is 6.39. The van der Waals surface area contributed by atoms with Crippen LogP contribution in [-0.4, -0.2) is 59.3 Å². The first kappa shape index (κ1) is 24.5. The Morgan fingerprint density at radius 3 is 2.28 bits per heavy atom. The monoisotopic (exact) mass is 468 g/mol. The SMILES string of the molecule is COC(=O)c1sc(NC(=O)COC(=O)Cn2nc(C)c([N+](=O)[O-])c2C)c(C(=O)OC)c1C.